The Hall–Kier alpha value is -2.63. The summed E-state index contributed by atoms with van der Waals surface area (Å²) in [5.41, 5.74) is 6.24. The van der Waals surface area contributed by atoms with Crippen LogP contribution < -0.4 is 21.7 Å². The number of benzene rings is 1. The average Bonchev–Trinajstić information content (AvgIpc) is 2.69. The highest BCUT2D eigenvalue weighted by molar-refractivity contribution is 7.80. The van der Waals surface area contributed by atoms with Gasteiger partial charge < -0.3 is 31.9 Å². The highest BCUT2D eigenvalue weighted by Gasteiger charge is 2.28. The van der Waals surface area contributed by atoms with E-state index in [9.17, 15) is 29.4 Å². The van der Waals surface area contributed by atoms with E-state index in [1.807, 2.05) is 0 Å². The summed E-state index contributed by atoms with van der Waals surface area (Å²) in [7, 11) is 0. The molecule has 160 valence electrons. The molecule has 1 rings (SSSR count). The van der Waals surface area contributed by atoms with Gasteiger partial charge >= 0.3 is 5.97 Å². The lowest BCUT2D eigenvalue weighted by atomic mass is 10.1. The fourth-order valence-corrected chi connectivity index (χ4v) is 2.49. The third-order valence-electron chi connectivity index (χ3n) is 3.94. The average molecular weight is 426 g/mol. The summed E-state index contributed by atoms with van der Waals surface area (Å²) in [6.45, 7) is 0.756. The van der Waals surface area contributed by atoms with Gasteiger partial charge in [0.25, 0.3) is 0 Å². The molecule has 0 heterocycles. The van der Waals surface area contributed by atoms with Gasteiger partial charge in [0.15, 0.2) is 0 Å². The van der Waals surface area contributed by atoms with Crippen LogP contribution in [0.2, 0.25) is 0 Å². The molecule has 4 unspecified atom stereocenters. The third-order valence-corrected chi connectivity index (χ3v) is 4.33. The molecule has 0 spiro atoms. The number of rotatable bonds is 11. The summed E-state index contributed by atoms with van der Waals surface area (Å²) in [6.07, 6.45) is -1.18. The quantitative estimate of drug-likeness (QED) is 0.201. The molecule has 0 aromatic heterocycles. The molecule has 0 aliphatic heterocycles. The number of carboxylic acids is 1. The highest BCUT2D eigenvalue weighted by Crippen LogP contribution is 2.03. The predicted molar refractivity (Wildman–Crippen MR) is 108 cm³/mol. The smallest absolute Gasteiger partial charge is 0.326 e. The molecule has 0 aliphatic carbocycles. The molecule has 0 fully saturated rings. The van der Waals surface area contributed by atoms with E-state index in [0.717, 1.165) is 5.56 Å². The number of nitrogens with two attached hydrogens (primary N) is 1. The van der Waals surface area contributed by atoms with E-state index in [4.69, 9.17) is 5.73 Å². The van der Waals surface area contributed by atoms with Crippen molar-refractivity contribution in [3.05, 3.63) is 35.9 Å². The minimum absolute atomic E-state index is 0.0420. The monoisotopic (exact) mass is 426 g/mol. The fraction of sp³-hybridized carbons (Fsp3) is 0.444. The minimum Gasteiger partial charge on any atom is -0.480 e. The molecule has 4 atom stereocenters. The molecule has 29 heavy (non-hydrogen) atoms. The van der Waals surface area contributed by atoms with E-state index in [2.05, 4.69) is 28.6 Å². The number of nitrogens with one attached hydrogen (secondary N) is 3. The number of thiol groups is 1. The first-order chi connectivity index (χ1) is 13.6. The van der Waals surface area contributed by atoms with Gasteiger partial charge in [0.05, 0.1) is 18.7 Å². The maximum Gasteiger partial charge on any atom is 0.326 e. The van der Waals surface area contributed by atoms with Crippen LogP contribution in [-0.4, -0.2) is 70.4 Å². The number of hydrogen-bond acceptors (Lipinski definition) is 7. The van der Waals surface area contributed by atoms with E-state index < -0.39 is 54.5 Å². The molecule has 7 N–H and O–H groups in total. The first kappa shape index (κ1) is 24.4. The Balaban J connectivity index is 2.62. The normalized spacial score (nSPS) is 14.8. The van der Waals surface area contributed by atoms with E-state index in [-0.39, 0.29) is 12.2 Å². The molecule has 1 aromatic rings. The van der Waals surface area contributed by atoms with Crippen LogP contribution in [0, 0.1) is 0 Å². The zero-order chi connectivity index (χ0) is 22.0. The Labute approximate surface area is 173 Å². The van der Waals surface area contributed by atoms with Crippen LogP contribution in [0.25, 0.3) is 0 Å². The van der Waals surface area contributed by atoms with Crippen molar-refractivity contribution < 1.29 is 29.4 Å². The van der Waals surface area contributed by atoms with Gasteiger partial charge in [-0.2, -0.15) is 12.6 Å². The molecule has 0 radical (unpaired) electrons. The molecule has 0 saturated heterocycles. The SMILES string of the molecule is CC(O)C(NC(=O)C(N)CS)C(=O)NCC(=O)NC(Cc1ccccc1)C(=O)O. The van der Waals surface area contributed by atoms with Gasteiger partial charge in [-0.05, 0) is 12.5 Å². The van der Waals surface area contributed by atoms with Crippen LogP contribution in [0.15, 0.2) is 30.3 Å². The summed E-state index contributed by atoms with van der Waals surface area (Å²) in [5, 5.41) is 25.9. The molecule has 0 bridgehead atoms. The zero-order valence-corrected chi connectivity index (χ0v) is 16.8. The first-order valence-corrected chi connectivity index (χ1v) is 9.47. The van der Waals surface area contributed by atoms with Crippen molar-refractivity contribution in [2.75, 3.05) is 12.3 Å². The number of aliphatic hydroxyl groups excluding tert-OH is 1. The van der Waals surface area contributed by atoms with Crippen molar-refractivity contribution in [2.45, 2.75) is 37.6 Å². The fourth-order valence-electron chi connectivity index (χ4n) is 2.32. The Kier molecular flexibility index (Phi) is 10.1. The van der Waals surface area contributed by atoms with Crippen LogP contribution in [-0.2, 0) is 25.6 Å². The van der Waals surface area contributed by atoms with Crippen LogP contribution in [0.5, 0.6) is 0 Å². The lowest BCUT2D eigenvalue weighted by Gasteiger charge is -2.22. The van der Waals surface area contributed by atoms with Crippen molar-refractivity contribution in [1.29, 1.82) is 0 Å². The minimum atomic E-state index is -1.33. The molecular formula is C18H26N4O6S. The van der Waals surface area contributed by atoms with Gasteiger partial charge in [0.1, 0.15) is 12.1 Å². The lowest BCUT2D eigenvalue weighted by molar-refractivity contribution is -0.141. The molecule has 3 amide bonds. The van der Waals surface area contributed by atoms with Crippen LogP contribution in [0.1, 0.15) is 12.5 Å². The molecule has 1 aromatic carbocycles. The second-order valence-corrected chi connectivity index (χ2v) is 6.75. The largest absolute Gasteiger partial charge is 0.480 e. The molecule has 11 heteroatoms. The van der Waals surface area contributed by atoms with Gasteiger partial charge in [0.2, 0.25) is 17.7 Å². The molecule has 10 nitrogen and oxygen atoms in total. The number of aliphatic hydroxyl groups is 1. The van der Waals surface area contributed by atoms with Crippen molar-refractivity contribution in [3.63, 3.8) is 0 Å². The molecular weight excluding hydrogens is 400 g/mol. The summed E-state index contributed by atoms with van der Waals surface area (Å²) in [4.78, 5) is 47.4. The van der Waals surface area contributed by atoms with Crippen molar-refractivity contribution in [2.24, 2.45) is 5.73 Å². The topological polar surface area (TPSA) is 171 Å². The highest BCUT2D eigenvalue weighted by atomic mass is 32.1. The lowest BCUT2D eigenvalue weighted by Crippen LogP contribution is -2.57. The summed E-state index contributed by atoms with van der Waals surface area (Å²) < 4.78 is 0. The number of carbonyl (C=O) groups excluding carboxylic acids is 3. The third kappa shape index (κ3) is 8.50. The van der Waals surface area contributed by atoms with E-state index in [0.29, 0.717) is 0 Å². The summed E-state index contributed by atoms with van der Waals surface area (Å²) in [6, 6.07) is 5.27. The Bertz CT molecular complexity index is 716. The van der Waals surface area contributed by atoms with Gasteiger partial charge in [-0.25, -0.2) is 4.79 Å². The Morgan fingerprint density at radius 1 is 1.10 bits per heavy atom. The summed E-state index contributed by atoms with van der Waals surface area (Å²) in [5.74, 6) is -3.41. The predicted octanol–water partition coefficient (Wildman–Crippen LogP) is -1.96. The van der Waals surface area contributed by atoms with E-state index >= 15 is 0 Å². The number of aliphatic carboxylic acids is 1. The van der Waals surface area contributed by atoms with Crippen LogP contribution >= 0.6 is 12.6 Å². The van der Waals surface area contributed by atoms with Crippen molar-refractivity contribution in [1.82, 2.24) is 16.0 Å². The number of hydrogen-bond donors (Lipinski definition) is 7. The Morgan fingerprint density at radius 3 is 2.24 bits per heavy atom. The van der Waals surface area contributed by atoms with Crippen LogP contribution in [0.4, 0.5) is 0 Å². The first-order valence-electron chi connectivity index (χ1n) is 8.84. The van der Waals surface area contributed by atoms with E-state index in [1.165, 1.54) is 6.92 Å². The second-order valence-electron chi connectivity index (χ2n) is 6.38. The van der Waals surface area contributed by atoms with Gasteiger partial charge in [0, 0.05) is 12.2 Å². The number of carboxylic acid groups (broad SMARTS) is 1. The van der Waals surface area contributed by atoms with Gasteiger partial charge in [-0.1, -0.05) is 30.3 Å². The maximum absolute atomic E-state index is 12.2. The van der Waals surface area contributed by atoms with Crippen LogP contribution in [0.3, 0.4) is 0 Å². The zero-order valence-electron chi connectivity index (χ0n) is 15.9. The second kappa shape index (κ2) is 12.0. The maximum atomic E-state index is 12.2. The van der Waals surface area contributed by atoms with Gasteiger partial charge in [-0.3, -0.25) is 14.4 Å². The van der Waals surface area contributed by atoms with Gasteiger partial charge in [-0.15, -0.1) is 0 Å². The standard InChI is InChI=1S/C18H26N4O6S/c1-10(23)15(22-16(25)12(19)9-29)17(26)20-8-14(24)21-13(18(27)28)7-11-5-3-2-4-6-11/h2-6,10,12-13,15,23,29H,7-9,19H2,1H3,(H,20,26)(H,21,24)(H,22,25)(H,27,28). The number of amides is 3. The molecule has 0 saturated carbocycles. The van der Waals surface area contributed by atoms with E-state index in [1.54, 1.807) is 30.3 Å². The van der Waals surface area contributed by atoms with Crippen molar-refractivity contribution in [3.8, 4) is 0 Å². The molecule has 0 aliphatic rings. The van der Waals surface area contributed by atoms with Crippen molar-refractivity contribution >= 4 is 36.3 Å². The summed E-state index contributed by atoms with van der Waals surface area (Å²) >= 11 is 3.88. The Morgan fingerprint density at radius 2 is 1.72 bits per heavy atom. The number of carbonyl (C=O) groups is 4.